The molecule has 24 heavy (non-hydrogen) atoms. The zero-order valence-corrected chi connectivity index (χ0v) is 15.2. The Hall–Kier alpha value is -2.17. The molecule has 5 nitrogen and oxygen atoms in total. The molecule has 0 amide bonds. The maximum absolute atomic E-state index is 9.41. The molecule has 2 aromatic heterocycles. The molecule has 3 rings (SSSR count). The molecule has 0 aliphatic rings. The first-order chi connectivity index (χ1) is 11.5. The quantitative estimate of drug-likeness (QED) is 0.633. The summed E-state index contributed by atoms with van der Waals surface area (Å²) in [6.07, 6.45) is 0.637. The van der Waals surface area contributed by atoms with E-state index in [0.29, 0.717) is 17.5 Å². The highest BCUT2D eigenvalue weighted by Crippen LogP contribution is 2.32. The molecule has 3 aromatic rings. The summed E-state index contributed by atoms with van der Waals surface area (Å²) in [5.74, 6) is 0.465. The van der Waals surface area contributed by atoms with E-state index in [2.05, 4.69) is 21.3 Å². The van der Waals surface area contributed by atoms with Gasteiger partial charge in [0.1, 0.15) is 10.1 Å². The van der Waals surface area contributed by atoms with Gasteiger partial charge in [-0.1, -0.05) is 29.8 Å². The lowest BCUT2D eigenvalue weighted by molar-refractivity contribution is 0.466. The smallest absolute Gasteiger partial charge is 0.278 e. The van der Waals surface area contributed by atoms with Crippen molar-refractivity contribution in [2.45, 2.75) is 37.7 Å². The Balaban J connectivity index is 1.72. The fraction of sp³-hybridized carbons (Fsp3) is 0.294. The first-order valence-corrected chi connectivity index (χ1v) is 9.14. The molecule has 0 radical (unpaired) electrons. The van der Waals surface area contributed by atoms with Gasteiger partial charge in [-0.05, 0) is 44.5 Å². The number of benzene rings is 1. The predicted molar refractivity (Wildman–Crippen MR) is 95.0 cm³/mol. The van der Waals surface area contributed by atoms with E-state index in [-0.39, 0.29) is 5.25 Å². The molecule has 0 fully saturated rings. The fourth-order valence-electron chi connectivity index (χ4n) is 2.25. The number of rotatable bonds is 5. The molecule has 0 N–H and O–H groups in total. The van der Waals surface area contributed by atoms with Crippen molar-refractivity contribution in [3.8, 4) is 16.8 Å². The summed E-state index contributed by atoms with van der Waals surface area (Å²) >= 11 is 2.83. The van der Waals surface area contributed by atoms with Crippen LogP contribution < -0.4 is 0 Å². The Morgan fingerprint density at radius 3 is 2.58 bits per heavy atom. The number of aromatic nitrogens is 3. The van der Waals surface area contributed by atoms with Crippen molar-refractivity contribution in [1.82, 2.24) is 15.2 Å². The largest absolute Gasteiger partial charge is 0.410 e. The number of aryl methyl sites for hydroxylation is 3. The third kappa shape index (κ3) is 3.83. The summed E-state index contributed by atoms with van der Waals surface area (Å²) < 4.78 is 5.71. The van der Waals surface area contributed by atoms with Crippen LogP contribution in [0.3, 0.4) is 0 Å². The summed E-state index contributed by atoms with van der Waals surface area (Å²) in [7, 11) is 0. The van der Waals surface area contributed by atoms with E-state index in [1.54, 1.807) is 0 Å². The van der Waals surface area contributed by atoms with Gasteiger partial charge in [0.15, 0.2) is 0 Å². The zero-order chi connectivity index (χ0) is 17.1. The molecule has 7 heteroatoms. The van der Waals surface area contributed by atoms with Crippen molar-refractivity contribution in [2.24, 2.45) is 0 Å². The van der Waals surface area contributed by atoms with Crippen LogP contribution in [-0.4, -0.2) is 20.4 Å². The topological polar surface area (TPSA) is 75.6 Å². The lowest BCUT2D eigenvalue weighted by Crippen LogP contribution is -2.03. The van der Waals surface area contributed by atoms with Gasteiger partial charge in [-0.2, -0.15) is 5.26 Å². The number of thiazole rings is 1. The van der Waals surface area contributed by atoms with Crippen LogP contribution in [0.4, 0.5) is 0 Å². The van der Waals surface area contributed by atoms with E-state index in [1.807, 2.05) is 45.0 Å². The fourth-order valence-corrected chi connectivity index (χ4v) is 3.88. The SMILES string of the molecule is Cc1ccc(C[C@H](C#N)Sc2nnc(-c3sc(C)nc3C)o2)cc1. The number of nitriles is 1. The first-order valence-electron chi connectivity index (χ1n) is 7.45. The van der Waals surface area contributed by atoms with Gasteiger partial charge in [0.05, 0.1) is 16.8 Å². The standard InChI is InChI=1S/C17H16N4OS2/c1-10-4-6-13(7-5-10)8-14(9-18)24-17-21-20-16(22-17)15-11(2)19-12(3)23-15/h4-7,14H,8H2,1-3H3/t14-/m1/s1. The van der Waals surface area contributed by atoms with Crippen LogP contribution in [0.2, 0.25) is 0 Å². The molecule has 122 valence electrons. The summed E-state index contributed by atoms with van der Waals surface area (Å²) in [5.41, 5.74) is 3.21. The van der Waals surface area contributed by atoms with Gasteiger partial charge in [0.25, 0.3) is 11.1 Å². The predicted octanol–water partition coefficient (Wildman–Crippen LogP) is 4.35. The number of hydrogen-bond donors (Lipinski definition) is 0. The van der Waals surface area contributed by atoms with E-state index in [0.717, 1.165) is 21.1 Å². The molecule has 0 spiro atoms. The van der Waals surface area contributed by atoms with Crippen molar-refractivity contribution in [2.75, 3.05) is 0 Å². The summed E-state index contributed by atoms with van der Waals surface area (Å²) in [4.78, 5) is 5.26. The van der Waals surface area contributed by atoms with Crippen LogP contribution in [0, 0.1) is 32.1 Å². The molecular formula is C17H16N4OS2. The minimum Gasteiger partial charge on any atom is -0.410 e. The van der Waals surface area contributed by atoms with Crippen molar-refractivity contribution >= 4 is 23.1 Å². The van der Waals surface area contributed by atoms with E-state index in [4.69, 9.17) is 4.42 Å². The van der Waals surface area contributed by atoms with Crippen molar-refractivity contribution < 1.29 is 4.42 Å². The minimum absolute atomic E-state index is 0.273. The highest BCUT2D eigenvalue weighted by Gasteiger charge is 2.18. The second kappa shape index (κ2) is 7.16. The Kier molecular flexibility index (Phi) is 4.97. The van der Waals surface area contributed by atoms with Crippen LogP contribution in [0.15, 0.2) is 33.9 Å². The van der Waals surface area contributed by atoms with Crippen LogP contribution >= 0.6 is 23.1 Å². The van der Waals surface area contributed by atoms with Crippen molar-refractivity contribution in [3.63, 3.8) is 0 Å². The molecule has 0 bridgehead atoms. The van der Waals surface area contributed by atoms with Gasteiger partial charge in [-0.3, -0.25) is 0 Å². The van der Waals surface area contributed by atoms with Gasteiger partial charge >= 0.3 is 0 Å². The maximum atomic E-state index is 9.41. The van der Waals surface area contributed by atoms with E-state index >= 15 is 0 Å². The molecular weight excluding hydrogens is 340 g/mol. The van der Waals surface area contributed by atoms with E-state index in [9.17, 15) is 5.26 Å². The monoisotopic (exact) mass is 356 g/mol. The first kappa shape index (κ1) is 16.7. The minimum atomic E-state index is -0.273. The lowest BCUT2D eigenvalue weighted by atomic mass is 10.1. The van der Waals surface area contributed by atoms with Crippen LogP contribution in [-0.2, 0) is 6.42 Å². The number of thioether (sulfide) groups is 1. The van der Waals surface area contributed by atoms with E-state index in [1.165, 1.54) is 28.7 Å². The normalized spacial score (nSPS) is 12.1. The maximum Gasteiger partial charge on any atom is 0.278 e. The van der Waals surface area contributed by atoms with E-state index < -0.39 is 0 Å². The second-order valence-corrected chi connectivity index (χ2v) is 7.80. The third-order valence-corrected chi connectivity index (χ3v) is 5.42. The average Bonchev–Trinajstić information content (AvgIpc) is 3.14. The third-order valence-electron chi connectivity index (χ3n) is 3.43. The molecule has 0 unspecified atom stereocenters. The van der Waals surface area contributed by atoms with Crippen molar-refractivity contribution in [1.29, 1.82) is 5.26 Å². The zero-order valence-electron chi connectivity index (χ0n) is 13.6. The molecule has 0 saturated carbocycles. The number of nitrogens with zero attached hydrogens (tertiary/aromatic N) is 4. The number of hydrogen-bond acceptors (Lipinski definition) is 7. The highest BCUT2D eigenvalue weighted by atomic mass is 32.2. The van der Waals surface area contributed by atoms with Gasteiger partial charge in [-0.15, -0.1) is 21.5 Å². The van der Waals surface area contributed by atoms with Gasteiger partial charge in [0, 0.05) is 0 Å². The molecule has 0 aliphatic carbocycles. The summed E-state index contributed by atoms with van der Waals surface area (Å²) in [6, 6.07) is 10.5. The van der Waals surface area contributed by atoms with Crippen LogP contribution in [0.25, 0.3) is 10.8 Å². The Morgan fingerprint density at radius 2 is 1.96 bits per heavy atom. The second-order valence-electron chi connectivity index (χ2n) is 5.45. The molecule has 2 heterocycles. The summed E-state index contributed by atoms with van der Waals surface area (Å²) in [6.45, 7) is 5.91. The average molecular weight is 356 g/mol. The molecule has 0 saturated heterocycles. The molecule has 1 atom stereocenters. The molecule has 1 aromatic carbocycles. The Morgan fingerprint density at radius 1 is 1.21 bits per heavy atom. The van der Waals surface area contributed by atoms with Gasteiger partial charge in [0.2, 0.25) is 0 Å². The van der Waals surface area contributed by atoms with Crippen LogP contribution in [0.5, 0.6) is 0 Å². The molecule has 0 aliphatic heterocycles. The van der Waals surface area contributed by atoms with Crippen LogP contribution in [0.1, 0.15) is 21.8 Å². The Bertz CT molecular complexity index is 877. The summed E-state index contributed by atoms with van der Waals surface area (Å²) in [5, 5.41) is 18.7. The van der Waals surface area contributed by atoms with Crippen molar-refractivity contribution in [3.05, 3.63) is 46.1 Å². The van der Waals surface area contributed by atoms with Gasteiger partial charge < -0.3 is 4.42 Å². The van der Waals surface area contributed by atoms with Gasteiger partial charge in [-0.25, -0.2) is 4.98 Å². The highest BCUT2D eigenvalue weighted by molar-refractivity contribution is 7.99. The lowest BCUT2D eigenvalue weighted by Gasteiger charge is -2.06. The Labute approximate surface area is 148 Å².